The Morgan fingerprint density at radius 3 is 2.59 bits per heavy atom. The number of halogens is 2. The second-order valence-corrected chi connectivity index (χ2v) is 5.33. The second kappa shape index (κ2) is 5.83. The van der Waals surface area contributed by atoms with Crippen LogP contribution in [-0.2, 0) is 6.42 Å². The summed E-state index contributed by atoms with van der Waals surface area (Å²) in [7, 11) is 0. The molecule has 0 saturated carbocycles. The van der Waals surface area contributed by atoms with Crippen molar-refractivity contribution in [2.45, 2.75) is 24.2 Å². The summed E-state index contributed by atoms with van der Waals surface area (Å²) in [5, 5.41) is 3.32. The van der Waals surface area contributed by atoms with E-state index in [0.29, 0.717) is 5.92 Å². The number of hydrogen-bond donors (Lipinski definition) is 1. The molecule has 0 amide bonds. The van der Waals surface area contributed by atoms with E-state index in [9.17, 15) is 8.78 Å². The van der Waals surface area contributed by atoms with Crippen molar-refractivity contribution in [2.75, 3.05) is 19.3 Å². The molecule has 1 atom stereocenters. The van der Waals surface area contributed by atoms with Crippen molar-refractivity contribution in [3.8, 4) is 0 Å². The molecule has 1 aromatic carbocycles. The molecule has 0 aliphatic carbocycles. The molecule has 1 unspecified atom stereocenters. The van der Waals surface area contributed by atoms with Gasteiger partial charge in [-0.25, -0.2) is 8.78 Å². The minimum atomic E-state index is -0.434. The fourth-order valence-corrected chi connectivity index (χ4v) is 2.86. The highest BCUT2D eigenvalue weighted by atomic mass is 32.2. The van der Waals surface area contributed by atoms with Gasteiger partial charge in [0.2, 0.25) is 0 Å². The van der Waals surface area contributed by atoms with Gasteiger partial charge in [-0.15, -0.1) is 11.8 Å². The number of piperidine rings is 1. The van der Waals surface area contributed by atoms with E-state index >= 15 is 0 Å². The normalized spacial score (nSPS) is 20.5. The fourth-order valence-electron chi connectivity index (χ4n) is 2.36. The van der Waals surface area contributed by atoms with Crippen LogP contribution in [0.2, 0.25) is 0 Å². The Hall–Kier alpha value is -0.610. The summed E-state index contributed by atoms with van der Waals surface area (Å²) < 4.78 is 27.2. The molecule has 1 fully saturated rings. The Morgan fingerprint density at radius 1 is 1.35 bits per heavy atom. The fraction of sp³-hybridized carbons (Fsp3) is 0.538. The molecule has 0 radical (unpaired) electrons. The molecule has 1 heterocycles. The molecule has 0 aromatic heterocycles. The zero-order valence-corrected chi connectivity index (χ0v) is 10.7. The molecule has 4 heteroatoms. The first-order chi connectivity index (χ1) is 8.20. The van der Waals surface area contributed by atoms with Crippen LogP contribution in [-0.4, -0.2) is 19.3 Å². The summed E-state index contributed by atoms with van der Waals surface area (Å²) in [6, 6.07) is 2.95. The third kappa shape index (κ3) is 3.19. The lowest BCUT2D eigenvalue weighted by atomic mass is 9.92. The van der Waals surface area contributed by atoms with Crippen molar-refractivity contribution in [3.63, 3.8) is 0 Å². The number of benzene rings is 1. The lowest BCUT2D eigenvalue weighted by Gasteiger charge is -2.22. The predicted molar refractivity (Wildman–Crippen MR) is 67.4 cm³/mol. The number of thioether (sulfide) groups is 1. The highest BCUT2D eigenvalue weighted by molar-refractivity contribution is 7.98. The standard InChI is InChI=1S/C13H17F2NS/c1-17-13-11(14)6-10(7-12(13)15)5-9-3-2-4-16-8-9/h6-7,9,16H,2-5,8H2,1H3. The first-order valence-corrected chi connectivity index (χ1v) is 7.16. The Morgan fingerprint density at radius 2 is 2.06 bits per heavy atom. The summed E-state index contributed by atoms with van der Waals surface area (Å²) >= 11 is 1.11. The van der Waals surface area contributed by atoms with E-state index in [0.717, 1.165) is 49.7 Å². The van der Waals surface area contributed by atoms with Crippen LogP contribution in [0.15, 0.2) is 17.0 Å². The van der Waals surface area contributed by atoms with Crippen LogP contribution in [0, 0.1) is 17.6 Å². The van der Waals surface area contributed by atoms with Gasteiger partial charge in [0.25, 0.3) is 0 Å². The van der Waals surface area contributed by atoms with E-state index in [1.165, 1.54) is 12.1 Å². The monoisotopic (exact) mass is 257 g/mol. The average Bonchev–Trinajstić information content (AvgIpc) is 2.30. The van der Waals surface area contributed by atoms with E-state index in [2.05, 4.69) is 5.32 Å². The van der Waals surface area contributed by atoms with Gasteiger partial charge in [0.1, 0.15) is 11.6 Å². The summed E-state index contributed by atoms with van der Waals surface area (Å²) in [5.74, 6) is -0.366. The van der Waals surface area contributed by atoms with Gasteiger partial charge < -0.3 is 5.32 Å². The van der Waals surface area contributed by atoms with Gasteiger partial charge in [-0.3, -0.25) is 0 Å². The zero-order valence-electron chi connectivity index (χ0n) is 9.93. The van der Waals surface area contributed by atoms with Crippen molar-refractivity contribution in [2.24, 2.45) is 5.92 Å². The Labute approximate surface area is 105 Å². The number of rotatable bonds is 3. The van der Waals surface area contributed by atoms with E-state index in [4.69, 9.17) is 0 Å². The van der Waals surface area contributed by atoms with Gasteiger partial charge in [0.15, 0.2) is 0 Å². The van der Waals surface area contributed by atoms with Crippen molar-refractivity contribution in [1.82, 2.24) is 5.32 Å². The highest BCUT2D eigenvalue weighted by Crippen LogP contribution is 2.26. The smallest absolute Gasteiger partial charge is 0.139 e. The minimum absolute atomic E-state index is 0.121. The summed E-state index contributed by atoms with van der Waals surface area (Å²) in [5.41, 5.74) is 0.770. The SMILES string of the molecule is CSc1c(F)cc(CC2CCCNC2)cc1F. The van der Waals surface area contributed by atoms with Gasteiger partial charge in [-0.1, -0.05) is 0 Å². The highest BCUT2D eigenvalue weighted by Gasteiger charge is 2.16. The van der Waals surface area contributed by atoms with Crippen molar-refractivity contribution >= 4 is 11.8 Å². The maximum Gasteiger partial charge on any atom is 0.139 e. The third-order valence-corrected chi connectivity index (χ3v) is 3.98. The largest absolute Gasteiger partial charge is 0.316 e. The molecule has 2 rings (SSSR count). The van der Waals surface area contributed by atoms with Crippen molar-refractivity contribution in [3.05, 3.63) is 29.3 Å². The Bertz CT molecular complexity index is 366. The minimum Gasteiger partial charge on any atom is -0.316 e. The average molecular weight is 257 g/mol. The van der Waals surface area contributed by atoms with Crippen LogP contribution in [0.1, 0.15) is 18.4 Å². The van der Waals surface area contributed by atoms with Crippen LogP contribution in [0.5, 0.6) is 0 Å². The van der Waals surface area contributed by atoms with Gasteiger partial charge in [0.05, 0.1) is 4.90 Å². The maximum atomic E-state index is 13.6. The predicted octanol–water partition coefficient (Wildman–Crippen LogP) is 3.23. The topological polar surface area (TPSA) is 12.0 Å². The summed E-state index contributed by atoms with van der Waals surface area (Å²) in [6.45, 7) is 2.01. The molecule has 1 aromatic rings. The van der Waals surface area contributed by atoms with Crippen molar-refractivity contribution < 1.29 is 8.78 Å². The number of hydrogen-bond acceptors (Lipinski definition) is 2. The van der Waals surface area contributed by atoms with Crippen LogP contribution >= 0.6 is 11.8 Å². The third-order valence-electron chi connectivity index (χ3n) is 3.19. The molecule has 1 N–H and O–H groups in total. The molecule has 1 saturated heterocycles. The molecular weight excluding hydrogens is 240 g/mol. The molecule has 1 aliphatic rings. The molecule has 1 nitrogen and oxygen atoms in total. The first kappa shape index (κ1) is 12.8. The van der Waals surface area contributed by atoms with Crippen LogP contribution in [0.25, 0.3) is 0 Å². The van der Waals surface area contributed by atoms with Crippen LogP contribution in [0.3, 0.4) is 0 Å². The van der Waals surface area contributed by atoms with E-state index < -0.39 is 11.6 Å². The molecular formula is C13H17F2NS. The first-order valence-electron chi connectivity index (χ1n) is 5.93. The number of nitrogens with one attached hydrogen (secondary N) is 1. The van der Waals surface area contributed by atoms with Crippen LogP contribution in [0.4, 0.5) is 8.78 Å². The van der Waals surface area contributed by atoms with Gasteiger partial charge in [-0.2, -0.15) is 0 Å². The second-order valence-electron chi connectivity index (χ2n) is 4.51. The van der Waals surface area contributed by atoms with Crippen molar-refractivity contribution in [1.29, 1.82) is 0 Å². The lowest BCUT2D eigenvalue weighted by molar-refractivity contribution is 0.375. The molecule has 0 spiro atoms. The molecule has 17 heavy (non-hydrogen) atoms. The quantitative estimate of drug-likeness (QED) is 0.834. The lowest BCUT2D eigenvalue weighted by Crippen LogP contribution is -2.30. The Balaban J connectivity index is 2.10. The van der Waals surface area contributed by atoms with Gasteiger partial charge >= 0.3 is 0 Å². The summed E-state index contributed by atoms with van der Waals surface area (Å²) in [4.78, 5) is 0.121. The summed E-state index contributed by atoms with van der Waals surface area (Å²) in [6.07, 6.45) is 4.74. The molecule has 94 valence electrons. The maximum absolute atomic E-state index is 13.6. The van der Waals surface area contributed by atoms with E-state index in [-0.39, 0.29) is 4.90 Å². The zero-order chi connectivity index (χ0) is 12.3. The van der Waals surface area contributed by atoms with Gasteiger partial charge in [-0.05, 0) is 62.2 Å². The van der Waals surface area contributed by atoms with Gasteiger partial charge in [0, 0.05) is 0 Å². The Kier molecular flexibility index (Phi) is 4.40. The van der Waals surface area contributed by atoms with E-state index in [1.54, 1.807) is 6.26 Å². The molecule has 1 aliphatic heterocycles. The van der Waals surface area contributed by atoms with E-state index in [1.807, 2.05) is 0 Å². The molecule has 0 bridgehead atoms. The van der Waals surface area contributed by atoms with Crippen LogP contribution < -0.4 is 5.32 Å².